The third-order valence-corrected chi connectivity index (χ3v) is 4.37. The van der Waals surface area contributed by atoms with Gasteiger partial charge in [0.2, 0.25) is 0 Å². The fourth-order valence-electron chi connectivity index (χ4n) is 3.32. The van der Waals surface area contributed by atoms with Gasteiger partial charge in [0.1, 0.15) is 5.75 Å². The minimum absolute atomic E-state index is 0.531. The van der Waals surface area contributed by atoms with Gasteiger partial charge in [-0.15, -0.1) is 0 Å². The van der Waals surface area contributed by atoms with Crippen molar-refractivity contribution in [3.63, 3.8) is 0 Å². The predicted molar refractivity (Wildman–Crippen MR) is 84.4 cm³/mol. The third kappa shape index (κ3) is 3.33. The van der Waals surface area contributed by atoms with Gasteiger partial charge >= 0.3 is 0 Å². The van der Waals surface area contributed by atoms with E-state index in [1.54, 1.807) is 7.11 Å². The van der Waals surface area contributed by atoms with E-state index < -0.39 is 0 Å². The smallest absolute Gasteiger partial charge is 0.121 e. The molecule has 0 bridgehead atoms. The van der Waals surface area contributed by atoms with E-state index in [9.17, 15) is 0 Å². The first kappa shape index (κ1) is 15.3. The number of nitrogens with zero attached hydrogens (tertiary/aromatic N) is 1. The molecule has 0 aliphatic carbocycles. The van der Waals surface area contributed by atoms with Gasteiger partial charge < -0.3 is 10.1 Å². The Hall–Kier alpha value is -1.06. The Morgan fingerprint density at radius 1 is 1.40 bits per heavy atom. The number of methoxy groups -OCH3 is 1. The molecule has 2 unspecified atom stereocenters. The van der Waals surface area contributed by atoms with E-state index >= 15 is 0 Å². The molecule has 2 rings (SSSR count). The van der Waals surface area contributed by atoms with Crippen LogP contribution < -0.4 is 10.1 Å². The monoisotopic (exact) mass is 276 g/mol. The van der Waals surface area contributed by atoms with Crippen molar-refractivity contribution in [1.82, 2.24) is 10.2 Å². The van der Waals surface area contributed by atoms with E-state index in [0.29, 0.717) is 12.0 Å². The van der Waals surface area contributed by atoms with Crippen LogP contribution in [0.25, 0.3) is 0 Å². The van der Waals surface area contributed by atoms with Gasteiger partial charge in [0.15, 0.2) is 0 Å². The number of benzene rings is 1. The second-order valence-electron chi connectivity index (χ2n) is 5.91. The van der Waals surface area contributed by atoms with Crippen molar-refractivity contribution in [2.75, 3.05) is 33.8 Å². The van der Waals surface area contributed by atoms with Crippen LogP contribution in [0.4, 0.5) is 0 Å². The van der Waals surface area contributed by atoms with Crippen molar-refractivity contribution in [3.05, 3.63) is 29.3 Å². The van der Waals surface area contributed by atoms with Gasteiger partial charge in [-0.1, -0.05) is 19.1 Å². The largest absolute Gasteiger partial charge is 0.496 e. The molecule has 3 heteroatoms. The van der Waals surface area contributed by atoms with Crippen LogP contribution in [0.3, 0.4) is 0 Å². The van der Waals surface area contributed by atoms with Crippen molar-refractivity contribution in [3.8, 4) is 5.75 Å². The highest BCUT2D eigenvalue weighted by atomic mass is 16.5. The molecule has 0 aromatic heterocycles. The lowest BCUT2D eigenvalue weighted by molar-refractivity contribution is 0.272. The summed E-state index contributed by atoms with van der Waals surface area (Å²) in [5, 5.41) is 3.58. The lowest BCUT2D eigenvalue weighted by Gasteiger charge is -2.26. The maximum atomic E-state index is 5.37. The lowest BCUT2D eigenvalue weighted by atomic mass is 9.92. The molecular weight excluding hydrogens is 248 g/mol. The van der Waals surface area contributed by atoms with Crippen LogP contribution in [0.1, 0.15) is 36.9 Å². The first-order valence-electron chi connectivity index (χ1n) is 7.72. The number of hydrogen-bond donors (Lipinski definition) is 1. The van der Waals surface area contributed by atoms with Crippen molar-refractivity contribution in [2.24, 2.45) is 5.92 Å². The van der Waals surface area contributed by atoms with Crippen LogP contribution in [0.2, 0.25) is 0 Å². The summed E-state index contributed by atoms with van der Waals surface area (Å²) in [7, 11) is 3.98. The Bertz CT molecular complexity index is 433. The average molecular weight is 276 g/mol. The first-order chi connectivity index (χ1) is 9.67. The molecule has 1 aliphatic heterocycles. The fraction of sp³-hybridized carbons (Fsp3) is 0.647. The second kappa shape index (κ2) is 7.09. The quantitative estimate of drug-likeness (QED) is 0.808. The Labute approximate surface area is 123 Å². The van der Waals surface area contributed by atoms with E-state index in [-0.39, 0.29) is 0 Å². The number of aryl methyl sites for hydroxylation is 1. The average Bonchev–Trinajstić information content (AvgIpc) is 2.80. The van der Waals surface area contributed by atoms with Gasteiger partial charge in [0.05, 0.1) is 7.11 Å². The zero-order valence-electron chi connectivity index (χ0n) is 13.3. The molecule has 0 radical (unpaired) electrons. The Balaban J connectivity index is 2.12. The molecule has 1 aromatic carbocycles. The molecule has 1 fully saturated rings. The molecule has 2 atom stereocenters. The van der Waals surface area contributed by atoms with Crippen LogP contribution in [0.15, 0.2) is 18.2 Å². The Morgan fingerprint density at radius 3 is 2.85 bits per heavy atom. The summed E-state index contributed by atoms with van der Waals surface area (Å²) in [6, 6.07) is 7.15. The number of likely N-dealkylation sites (tertiary alicyclic amines) is 1. The van der Waals surface area contributed by atoms with E-state index in [0.717, 1.165) is 18.8 Å². The lowest BCUT2D eigenvalue weighted by Crippen LogP contribution is -2.29. The van der Waals surface area contributed by atoms with Crippen molar-refractivity contribution >= 4 is 0 Å². The summed E-state index contributed by atoms with van der Waals surface area (Å²) in [5.74, 6) is 1.69. The maximum Gasteiger partial charge on any atom is 0.121 e. The van der Waals surface area contributed by atoms with E-state index in [1.165, 1.54) is 30.5 Å². The molecule has 0 amide bonds. The van der Waals surface area contributed by atoms with Gasteiger partial charge in [-0.05, 0) is 69.6 Å². The minimum atomic E-state index is 0.531. The highest BCUT2D eigenvalue weighted by Crippen LogP contribution is 2.37. The molecule has 112 valence electrons. The van der Waals surface area contributed by atoms with Crippen LogP contribution in [0.5, 0.6) is 5.75 Å². The van der Waals surface area contributed by atoms with E-state index in [4.69, 9.17) is 4.74 Å². The normalized spacial score (nSPS) is 23.2. The van der Waals surface area contributed by atoms with Crippen LogP contribution in [-0.2, 0) is 0 Å². The SMILES string of the molecule is CCCNCC1CCN(C)C1c1ccc(OC)c(C)c1. The maximum absolute atomic E-state index is 5.37. The molecule has 20 heavy (non-hydrogen) atoms. The van der Waals surface area contributed by atoms with Crippen molar-refractivity contribution in [2.45, 2.75) is 32.7 Å². The Morgan fingerprint density at radius 2 is 2.20 bits per heavy atom. The molecule has 1 N–H and O–H groups in total. The van der Waals surface area contributed by atoms with Gasteiger partial charge in [-0.25, -0.2) is 0 Å². The predicted octanol–water partition coefficient (Wildman–Crippen LogP) is 3.00. The molecule has 0 spiro atoms. The number of hydrogen-bond acceptors (Lipinski definition) is 3. The molecule has 3 nitrogen and oxygen atoms in total. The molecule has 1 aromatic rings. The van der Waals surface area contributed by atoms with E-state index in [1.807, 2.05) is 0 Å². The zero-order valence-corrected chi connectivity index (χ0v) is 13.3. The molecule has 1 heterocycles. The molecule has 1 aliphatic rings. The van der Waals surface area contributed by atoms with Crippen LogP contribution >= 0.6 is 0 Å². The summed E-state index contributed by atoms with van der Waals surface area (Å²) in [6.07, 6.45) is 2.48. The second-order valence-corrected chi connectivity index (χ2v) is 5.91. The number of rotatable bonds is 6. The van der Waals surface area contributed by atoms with E-state index in [2.05, 4.69) is 49.3 Å². The van der Waals surface area contributed by atoms with Gasteiger partial charge in [-0.3, -0.25) is 4.90 Å². The topological polar surface area (TPSA) is 24.5 Å². The van der Waals surface area contributed by atoms with Crippen LogP contribution in [0, 0.1) is 12.8 Å². The zero-order chi connectivity index (χ0) is 14.5. The summed E-state index contributed by atoms with van der Waals surface area (Å²) in [6.45, 7) is 7.77. The molecular formula is C17H28N2O. The van der Waals surface area contributed by atoms with Gasteiger partial charge in [0.25, 0.3) is 0 Å². The van der Waals surface area contributed by atoms with Crippen LogP contribution in [-0.4, -0.2) is 38.7 Å². The van der Waals surface area contributed by atoms with Gasteiger partial charge in [-0.2, -0.15) is 0 Å². The first-order valence-corrected chi connectivity index (χ1v) is 7.72. The number of ether oxygens (including phenoxy) is 1. The summed E-state index contributed by atoms with van der Waals surface area (Å²) in [5.41, 5.74) is 2.65. The highest BCUT2D eigenvalue weighted by Gasteiger charge is 2.32. The van der Waals surface area contributed by atoms with Crippen molar-refractivity contribution in [1.29, 1.82) is 0 Å². The molecule has 1 saturated heterocycles. The Kier molecular flexibility index (Phi) is 5.44. The highest BCUT2D eigenvalue weighted by molar-refractivity contribution is 5.38. The fourth-order valence-corrected chi connectivity index (χ4v) is 3.32. The third-order valence-electron chi connectivity index (χ3n) is 4.37. The summed E-state index contributed by atoms with van der Waals surface area (Å²) in [4.78, 5) is 2.49. The standard InChI is InChI=1S/C17H28N2O/c1-5-9-18-12-15-8-10-19(3)17(15)14-6-7-16(20-4)13(2)11-14/h6-7,11,15,17-18H,5,8-10,12H2,1-4H3. The summed E-state index contributed by atoms with van der Waals surface area (Å²) < 4.78 is 5.37. The van der Waals surface area contributed by atoms with Crippen molar-refractivity contribution < 1.29 is 4.74 Å². The van der Waals surface area contributed by atoms with Gasteiger partial charge in [0, 0.05) is 6.04 Å². The number of nitrogens with one attached hydrogen (secondary N) is 1. The molecule has 0 saturated carbocycles. The minimum Gasteiger partial charge on any atom is -0.496 e. The summed E-state index contributed by atoms with van der Waals surface area (Å²) >= 11 is 0.